The van der Waals surface area contributed by atoms with Crippen LogP contribution < -0.4 is 5.32 Å². The number of benzene rings is 3. The number of hydrogen-bond donors (Lipinski definition) is 1. The van der Waals surface area contributed by atoms with Crippen LogP contribution in [0.5, 0.6) is 0 Å². The number of carbonyl (C=O) groups excluding carboxylic acids is 2. The van der Waals surface area contributed by atoms with Crippen LogP contribution in [0, 0.1) is 18.6 Å². The maximum Gasteiger partial charge on any atom is 0.251 e. The van der Waals surface area contributed by atoms with E-state index < -0.39 is 6.23 Å². The van der Waals surface area contributed by atoms with Gasteiger partial charge in [-0.25, -0.2) is 13.5 Å². The van der Waals surface area contributed by atoms with Crippen molar-refractivity contribution in [2.45, 2.75) is 26.0 Å². The lowest BCUT2D eigenvalue weighted by Gasteiger charge is -2.23. The first-order valence-corrected chi connectivity index (χ1v) is 12.3. The zero-order valence-corrected chi connectivity index (χ0v) is 20.6. The highest BCUT2D eigenvalue weighted by molar-refractivity contribution is 5.99. The molecule has 0 unspecified atom stereocenters. The third kappa shape index (κ3) is 4.56. The van der Waals surface area contributed by atoms with E-state index in [2.05, 4.69) is 5.32 Å². The fraction of sp³-hybridized carbons (Fsp3) is 0.207. The number of rotatable bonds is 6. The van der Waals surface area contributed by atoms with E-state index in [0.717, 1.165) is 22.4 Å². The quantitative estimate of drug-likeness (QED) is 0.404. The summed E-state index contributed by atoms with van der Waals surface area (Å²) in [4.78, 5) is 26.2. The van der Waals surface area contributed by atoms with Crippen molar-refractivity contribution >= 4 is 17.5 Å². The number of halogens is 2. The summed E-state index contributed by atoms with van der Waals surface area (Å²) >= 11 is 0. The molecular formula is C29H24F2N4O3. The van der Waals surface area contributed by atoms with Crippen LogP contribution in [0.25, 0.3) is 16.8 Å². The summed E-state index contributed by atoms with van der Waals surface area (Å²) < 4.78 is 35.3. The topological polar surface area (TPSA) is 76.5 Å². The number of aryl methyl sites for hydroxylation is 1. The van der Waals surface area contributed by atoms with E-state index in [4.69, 9.17) is 9.84 Å². The number of fused-ring (bicyclic) bond motifs is 1. The minimum Gasteiger partial charge on any atom is -0.342 e. The van der Waals surface area contributed by atoms with Gasteiger partial charge in [0, 0.05) is 24.0 Å². The molecule has 3 heterocycles. The molecule has 1 N–H and O–H groups in total. The van der Waals surface area contributed by atoms with Gasteiger partial charge in [-0.15, -0.1) is 0 Å². The molecule has 1 fully saturated rings. The van der Waals surface area contributed by atoms with Gasteiger partial charge in [-0.2, -0.15) is 5.10 Å². The average Bonchev–Trinajstić information content (AvgIpc) is 3.58. The number of nitrogens with zero attached hydrogens (tertiary/aromatic N) is 3. The van der Waals surface area contributed by atoms with Crippen LogP contribution >= 0.6 is 0 Å². The van der Waals surface area contributed by atoms with E-state index in [9.17, 15) is 18.4 Å². The van der Waals surface area contributed by atoms with Crippen molar-refractivity contribution in [1.82, 2.24) is 14.7 Å². The third-order valence-corrected chi connectivity index (χ3v) is 6.83. The van der Waals surface area contributed by atoms with Crippen molar-refractivity contribution < 1.29 is 23.1 Å². The lowest BCUT2D eigenvalue weighted by Crippen LogP contribution is -2.31. The monoisotopic (exact) mass is 514 g/mol. The summed E-state index contributed by atoms with van der Waals surface area (Å²) in [6.07, 6.45) is 1.89. The maximum atomic E-state index is 14.2. The van der Waals surface area contributed by atoms with Gasteiger partial charge in [0.2, 0.25) is 5.91 Å². The second kappa shape index (κ2) is 9.50. The summed E-state index contributed by atoms with van der Waals surface area (Å²) in [5.74, 6) is -0.967. The Morgan fingerprint density at radius 3 is 2.63 bits per heavy atom. The van der Waals surface area contributed by atoms with E-state index >= 15 is 0 Å². The fourth-order valence-electron chi connectivity index (χ4n) is 4.99. The second-order valence-electron chi connectivity index (χ2n) is 9.58. The molecule has 0 bridgehead atoms. The largest absolute Gasteiger partial charge is 0.342 e. The molecule has 1 atom stereocenters. The number of amides is 2. The Balaban J connectivity index is 1.34. The molecule has 2 aliphatic rings. The van der Waals surface area contributed by atoms with Crippen LogP contribution in [0.4, 0.5) is 14.5 Å². The van der Waals surface area contributed by atoms with Crippen molar-refractivity contribution in [2.24, 2.45) is 0 Å². The zero-order valence-electron chi connectivity index (χ0n) is 20.6. The van der Waals surface area contributed by atoms with Gasteiger partial charge in [-0.05, 0) is 72.0 Å². The fourth-order valence-corrected chi connectivity index (χ4v) is 4.99. The minimum absolute atomic E-state index is 0.0299. The van der Waals surface area contributed by atoms with Crippen molar-refractivity contribution in [3.63, 3.8) is 0 Å². The number of carbonyl (C=O) groups is 2. The molecule has 9 heteroatoms. The summed E-state index contributed by atoms with van der Waals surface area (Å²) in [5, 5.41) is 7.58. The maximum absolute atomic E-state index is 14.2. The Morgan fingerprint density at radius 1 is 1.03 bits per heavy atom. The van der Waals surface area contributed by atoms with Gasteiger partial charge >= 0.3 is 0 Å². The zero-order chi connectivity index (χ0) is 26.4. The van der Waals surface area contributed by atoms with Crippen LogP contribution in [0.1, 0.15) is 28.6 Å². The summed E-state index contributed by atoms with van der Waals surface area (Å²) in [5.41, 5.74) is 5.81. The molecule has 192 valence electrons. The van der Waals surface area contributed by atoms with Crippen molar-refractivity contribution in [2.75, 3.05) is 18.5 Å². The molecule has 3 aromatic carbocycles. The van der Waals surface area contributed by atoms with Gasteiger partial charge in [0.1, 0.15) is 23.9 Å². The molecule has 0 saturated carbocycles. The van der Waals surface area contributed by atoms with Gasteiger partial charge in [-0.1, -0.05) is 24.3 Å². The molecule has 0 radical (unpaired) electrons. The second-order valence-corrected chi connectivity index (χ2v) is 9.58. The molecule has 2 aliphatic heterocycles. The average molecular weight is 515 g/mol. The SMILES string of the molecule is Cc1cc(F)cc(-n2cc(-c3ccc(F)cc3)c([C@H]3OCC(=O)N3CCc3ccc4c(c3)NC(=O)C4)n2)c1. The number of nitrogens with one attached hydrogen (secondary N) is 1. The summed E-state index contributed by atoms with van der Waals surface area (Å²) in [6, 6.07) is 16.4. The van der Waals surface area contributed by atoms with Crippen LogP contribution in [-0.2, 0) is 27.2 Å². The Kier molecular flexibility index (Phi) is 6.00. The normalized spacial score (nSPS) is 16.7. The molecule has 1 aromatic heterocycles. The van der Waals surface area contributed by atoms with Crippen molar-refractivity contribution in [3.05, 3.63) is 101 Å². The highest BCUT2D eigenvalue weighted by atomic mass is 19.1. The molecule has 1 saturated heterocycles. The number of anilines is 1. The molecule has 7 nitrogen and oxygen atoms in total. The van der Waals surface area contributed by atoms with E-state index in [1.165, 1.54) is 24.3 Å². The van der Waals surface area contributed by atoms with E-state index in [1.54, 1.807) is 40.9 Å². The number of ether oxygens (including phenoxy) is 1. The molecule has 2 amide bonds. The lowest BCUT2D eigenvalue weighted by molar-refractivity contribution is -0.128. The molecule has 4 aromatic rings. The van der Waals surface area contributed by atoms with Crippen LogP contribution in [-0.4, -0.2) is 39.6 Å². The van der Waals surface area contributed by atoms with Crippen LogP contribution in [0.3, 0.4) is 0 Å². The van der Waals surface area contributed by atoms with Gasteiger partial charge < -0.3 is 15.0 Å². The third-order valence-electron chi connectivity index (χ3n) is 6.83. The number of aromatic nitrogens is 2. The van der Waals surface area contributed by atoms with Crippen molar-refractivity contribution in [1.29, 1.82) is 0 Å². The smallest absolute Gasteiger partial charge is 0.251 e. The van der Waals surface area contributed by atoms with E-state index in [1.807, 2.05) is 18.2 Å². The first-order valence-electron chi connectivity index (χ1n) is 12.3. The Morgan fingerprint density at radius 2 is 1.84 bits per heavy atom. The molecule has 6 rings (SSSR count). The van der Waals surface area contributed by atoms with Gasteiger partial charge in [0.05, 0.1) is 12.1 Å². The molecule has 0 aliphatic carbocycles. The summed E-state index contributed by atoms with van der Waals surface area (Å²) in [6.45, 7) is 2.06. The highest BCUT2D eigenvalue weighted by Crippen LogP contribution is 2.35. The Labute approximate surface area is 217 Å². The van der Waals surface area contributed by atoms with Gasteiger partial charge in [0.15, 0.2) is 6.23 Å². The number of hydrogen-bond acceptors (Lipinski definition) is 4. The molecule has 38 heavy (non-hydrogen) atoms. The molecule has 0 spiro atoms. The van der Waals surface area contributed by atoms with Gasteiger partial charge in [-0.3, -0.25) is 9.59 Å². The predicted molar refractivity (Wildman–Crippen MR) is 137 cm³/mol. The minimum atomic E-state index is -0.771. The Bertz CT molecular complexity index is 1540. The van der Waals surface area contributed by atoms with Crippen LogP contribution in [0.2, 0.25) is 0 Å². The van der Waals surface area contributed by atoms with Crippen LogP contribution in [0.15, 0.2) is 66.9 Å². The molecular weight excluding hydrogens is 490 g/mol. The standard InChI is InChI=1S/C29H24F2N4O3/c1-17-10-22(31)14-23(11-17)35-15-24(19-4-6-21(30)7-5-19)28(33-35)29-34(27(37)16-38-29)9-8-18-2-3-20-13-26(36)32-25(20)12-18/h2-7,10-12,14-15,29H,8-9,13,16H2,1H3,(H,32,36)/t29-/m1/s1. The lowest BCUT2D eigenvalue weighted by atomic mass is 10.0. The van der Waals surface area contributed by atoms with Crippen molar-refractivity contribution in [3.8, 4) is 16.8 Å². The first kappa shape index (κ1) is 24.0. The van der Waals surface area contributed by atoms with E-state index in [-0.39, 0.29) is 30.1 Å². The first-order chi connectivity index (χ1) is 18.3. The Hall–Kier alpha value is -4.37. The predicted octanol–water partition coefficient (Wildman–Crippen LogP) is 4.72. The highest BCUT2D eigenvalue weighted by Gasteiger charge is 2.36. The summed E-state index contributed by atoms with van der Waals surface area (Å²) in [7, 11) is 0. The van der Waals surface area contributed by atoms with Gasteiger partial charge in [0.25, 0.3) is 5.91 Å². The van der Waals surface area contributed by atoms with E-state index in [0.29, 0.717) is 41.9 Å².